The summed E-state index contributed by atoms with van der Waals surface area (Å²) in [6.07, 6.45) is -13.1. The van der Waals surface area contributed by atoms with Gasteiger partial charge in [0.1, 0.15) is 59.6 Å². The fraction of sp³-hybridized carbons (Fsp3) is 0.509. The van der Waals surface area contributed by atoms with Gasteiger partial charge in [0.15, 0.2) is 18.6 Å². The smallest absolute Gasteiger partial charge is 0.326 e. The maximum Gasteiger partial charge on any atom is 0.326 e. The number of carbonyl (C=O) groups is 6. The van der Waals surface area contributed by atoms with E-state index in [0.29, 0.717) is 28.2 Å². The first-order valence-electron chi connectivity index (χ1n) is 26.0. The third-order valence-electron chi connectivity index (χ3n) is 15.8. The summed E-state index contributed by atoms with van der Waals surface area (Å²) in [6.45, 7) is 11.8. The van der Waals surface area contributed by atoms with Crippen LogP contribution < -0.4 is 20.1 Å². The fourth-order valence-corrected chi connectivity index (χ4v) is 13.9. The Labute approximate surface area is 457 Å². The highest BCUT2D eigenvalue weighted by atomic mass is 31.2. The molecule has 4 bridgehead atoms. The largest absolute Gasteiger partial charge is 0.497 e. The standard InChI is InChI=1S/C55H65N6O17P/c1-9-54-46-45-53(54,6)49(66)57-51(68)59(45)47-41(64)43(38(76-47)29-73-55(32-14-11-10-12-15-32,33-16-20-35(70-7)21-17-33)34-18-22-36(71-8)23-19-34)77-40(63)25-24-39(62)72-28-37-44(42(65)48(75-37)60(46)52(69)58-50(54)67)78-79(74-27-13-26-56)61(30(2)3)31(4)5/h9-12,14-23,30-31,37-38,41-48,64-65H,1,13,24-25,27-29H2,2-8H3,(H,57,66,68)(H,58,67,69)/t37-,38-,41-,42-,43-,44-,45?,46?,47-,48-,53?,54?,79?/m1/s1. The average molecular weight is 1110 g/mol. The number of nitrogens with zero attached hydrogens (tertiary/aromatic N) is 4. The van der Waals surface area contributed by atoms with Gasteiger partial charge in [-0.05, 0) is 75.6 Å². The number of hydrogen-bond donors (Lipinski definition) is 4. The summed E-state index contributed by atoms with van der Waals surface area (Å²) >= 11 is 0. The molecule has 13 atom stereocenters. The minimum Gasteiger partial charge on any atom is -0.497 e. The van der Waals surface area contributed by atoms with Gasteiger partial charge in [-0.25, -0.2) is 14.3 Å². The van der Waals surface area contributed by atoms with Crippen molar-refractivity contribution in [3.63, 3.8) is 0 Å². The van der Waals surface area contributed by atoms with Crippen molar-refractivity contribution in [2.75, 3.05) is 34.0 Å². The number of imide groups is 2. The number of urea groups is 2. The van der Waals surface area contributed by atoms with Crippen molar-refractivity contribution in [3.8, 4) is 17.6 Å². The van der Waals surface area contributed by atoms with E-state index in [1.54, 1.807) is 24.3 Å². The van der Waals surface area contributed by atoms with Crippen LogP contribution in [0.1, 0.15) is 70.6 Å². The molecule has 0 aromatic heterocycles. The van der Waals surface area contributed by atoms with Crippen LogP contribution in [0.25, 0.3) is 0 Å². The highest BCUT2D eigenvalue weighted by molar-refractivity contribution is 7.44. The monoisotopic (exact) mass is 1110 g/mol. The molecule has 1 saturated carbocycles. The predicted octanol–water partition coefficient (Wildman–Crippen LogP) is 4.13. The molecule has 5 heterocycles. The number of benzene rings is 3. The number of nitriles is 1. The maximum absolute atomic E-state index is 14.7. The second-order valence-corrected chi connectivity index (χ2v) is 22.1. The van der Waals surface area contributed by atoms with Gasteiger partial charge in [-0.3, -0.25) is 39.6 Å². The van der Waals surface area contributed by atoms with Gasteiger partial charge in [0.2, 0.25) is 11.8 Å². The Morgan fingerprint density at radius 3 is 1.94 bits per heavy atom. The number of rotatable bonds is 17. The molecular weight excluding hydrogens is 1050 g/mol. The number of ether oxygens (including phenoxy) is 7. The zero-order valence-corrected chi connectivity index (χ0v) is 45.6. The summed E-state index contributed by atoms with van der Waals surface area (Å²) in [5, 5.41) is 39.2. The molecule has 0 spiro atoms. The Balaban J connectivity index is 1.15. The van der Waals surface area contributed by atoms with Crippen molar-refractivity contribution in [2.24, 2.45) is 10.8 Å². The molecule has 0 radical (unpaired) electrons. The summed E-state index contributed by atoms with van der Waals surface area (Å²) in [7, 11) is 0.950. The third-order valence-corrected chi connectivity index (χ3v) is 17.9. The Morgan fingerprint density at radius 1 is 0.810 bits per heavy atom. The van der Waals surface area contributed by atoms with Crippen LogP contribution in [0.5, 0.6) is 11.5 Å². The zero-order chi connectivity index (χ0) is 56.7. The Kier molecular flexibility index (Phi) is 16.5. The molecule has 1 aliphatic carbocycles. The van der Waals surface area contributed by atoms with Gasteiger partial charge in [0.25, 0.3) is 8.53 Å². The molecular formula is C55H65N6O17P. The Hall–Kier alpha value is -6.58. The van der Waals surface area contributed by atoms with Crippen molar-refractivity contribution in [1.29, 1.82) is 5.26 Å². The van der Waals surface area contributed by atoms with Crippen LogP contribution in [0.15, 0.2) is 91.5 Å². The zero-order valence-electron chi connectivity index (χ0n) is 44.7. The normalized spacial score (nSPS) is 31.1. The summed E-state index contributed by atoms with van der Waals surface area (Å²) in [5.74, 6) is -2.67. The highest BCUT2D eigenvalue weighted by Crippen LogP contribution is 2.65. The van der Waals surface area contributed by atoms with Crippen LogP contribution in [0, 0.1) is 22.2 Å². The number of cyclic esters (lactones) is 1. The van der Waals surface area contributed by atoms with E-state index in [-0.39, 0.29) is 25.1 Å². The van der Waals surface area contributed by atoms with Gasteiger partial charge >= 0.3 is 24.0 Å². The van der Waals surface area contributed by atoms with E-state index < -0.39 is 148 Å². The SMILES string of the molecule is C=CC12C(=O)NC(=O)N3C1C1N(C(=O)NC(=O)C12C)[C@@H]1O[C@H](COC(c2ccccc2)(c2ccc(OC)cc2)c2ccc(OC)cc2)[C@@H](OC(=O)CCC(=O)OC[C@H]2O[C@@H]3[C@H](O)[C@@H]2OP(OCCC#N)N(C(C)C)C(C)C)[C@H]1O. The quantitative estimate of drug-likeness (QED) is 0.0486. The van der Waals surface area contributed by atoms with E-state index in [4.69, 9.17) is 42.2 Å². The van der Waals surface area contributed by atoms with Crippen LogP contribution in [0.4, 0.5) is 9.59 Å². The summed E-state index contributed by atoms with van der Waals surface area (Å²) in [5.41, 5.74) is -3.67. The molecule has 6 fully saturated rings. The van der Waals surface area contributed by atoms with Crippen molar-refractivity contribution >= 4 is 44.3 Å². The summed E-state index contributed by atoms with van der Waals surface area (Å²) in [6, 6.07) is 19.8. The number of aliphatic hydroxyl groups excluding tert-OH is 2. The molecule has 23 nitrogen and oxygen atoms in total. The Bertz CT molecular complexity index is 2780. The first-order chi connectivity index (χ1) is 37.8. The number of carbonyl (C=O) groups excluding carboxylic acids is 6. The lowest BCUT2D eigenvalue weighted by Crippen LogP contribution is -2.93. The van der Waals surface area contributed by atoms with E-state index in [1.165, 1.54) is 27.2 Å². The lowest BCUT2D eigenvalue weighted by Gasteiger charge is -2.72. The van der Waals surface area contributed by atoms with E-state index in [2.05, 4.69) is 17.2 Å². The van der Waals surface area contributed by atoms with E-state index in [1.807, 2.05) is 93.0 Å². The molecule has 9 rings (SSSR count). The molecule has 5 aliphatic heterocycles. The second-order valence-electron chi connectivity index (χ2n) is 20.7. The minimum absolute atomic E-state index is 0.00588. The molecule has 6 aliphatic rings. The minimum atomic E-state index is -2.12. The molecule has 79 heavy (non-hydrogen) atoms. The highest BCUT2D eigenvalue weighted by Gasteiger charge is 2.84. The lowest BCUT2D eigenvalue weighted by molar-refractivity contribution is -0.243. The number of fused-ring (bicyclic) bond motifs is 7. The summed E-state index contributed by atoms with van der Waals surface area (Å²) < 4.78 is 57.8. The van der Waals surface area contributed by atoms with Gasteiger partial charge < -0.3 is 52.4 Å². The molecule has 422 valence electrons. The van der Waals surface area contributed by atoms with Gasteiger partial charge in [-0.15, -0.1) is 6.58 Å². The molecule has 24 heteroatoms. The van der Waals surface area contributed by atoms with Crippen molar-refractivity contribution in [3.05, 3.63) is 108 Å². The topological polar surface area (TPSA) is 284 Å². The first-order valence-corrected chi connectivity index (χ1v) is 27.1. The van der Waals surface area contributed by atoms with Gasteiger partial charge in [-0.1, -0.05) is 60.7 Å². The number of esters is 2. The number of nitrogens with one attached hydrogen (secondary N) is 2. The number of amides is 6. The third kappa shape index (κ3) is 9.69. The van der Waals surface area contributed by atoms with Crippen molar-refractivity contribution in [1.82, 2.24) is 25.1 Å². The first kappa shape index (κ1) is 57.1. The molecule has 4 N–H and O–H groups in total. The molecule has 5 unspecified atom stereocenters. The van der Waals surface area contributed by atoms with Gasteiger partial charge in [-0.2, -0.15) is 5.26 Å². The van der Waals surface area contributed by atoms with Crippen LogP contribution in [-0.4, -0.2) is 168 Å². The van der Waals surface area contributed by atoms with Crippen LogP contribution in [-0.2, 0) is 57.5 Å². The predicted molar refractivity (Wildman–Crippen MR) is 277 cm³/mol. The van der Waals surface area contributed by atoms with E-state index >= 15 is 0 Å². The maximum atomic E-state index is 14.7. The van der Waals surface area contributed by atoms with Crippen molar-refractivity contribution < 1.29 is 81.2 Å². The fourth-order valence-electron chi connectivity index (χ4n) is 12.1. The molecule has 3 aromatic rings. The van der Waals surface area contributed by atoms with Crippen LogP contribution in [0.3, 0.4) is 0 Å². The summed E-state index contributed by atoms with van der Waals surface area (Å²) in [4.78, 5) is 88.1. The van der Waals surface area contributed by atoms with E-state index in [9.17, 15) is 44.2 Å². The van der Waals surface area contributed by atoms with Gasteiger partial charge in [0, 0.05) is 12.1 Å². The van der Waals surface area contributed by atoms with Crippen molar-refractivity contribution in [2.45, 2.75) is 133 Å². The van der Waals surface area contributed by atoms with Crippen LogP contribution >= 0.6 is 8.53 Å². The van der Waals surface area contributed by atoms with E-state index in [0.717, 1.165) is 9.80 Å². The van der Waals surface area contributed by atoms with Gasteiger partial charge in [0.05, 0.1) is 70.3 Å². The number of methoxy groups -OCH3 is 2. The molecule has 5 saturated heterocycles. The van der Waals surface area contributed by atoms with Crippen LogP contribution in [0.2, 0.25) is 0 Å². The lowest BCUT2D eigenvalue weighted by atomic mass is 9.41. The number of hydrogen-bond acceptors (Lipinski definition) is 19. The number of aliphatic hydroxyl groups is 2. The average Bonchev–Trinajstić information content (AvgIpc) is 4.00. The molecule has 6 amide bonds. The second kappa shape index (κ2) is 22.9. The molecule has 3 aromatic carbocycles. The Morgan fingerprint density at radius 2 is 1.37 bits per heavy atom.